The second-order valence-corrected chi connectivity index (χ2v) is 6.02. The topological polar surface area (TPSA) is 70.2 Å². The van der Waals surface area contributed by atoms with Crippen LogP contribution in [0, 0.1) is 0 Å². The van der Waals surface area contributed by atoms with E-state index in [1.54, 1.807) is 12.7 Å². The number of aromatic nitrogens is 4. The highest BCUT2D eigenvalue weighted by molar-refractivity contribution is 5.82. The molecule has 0 radical (unpaired) electrons. The van der Waals surface area contributed by atoms with Crippen molar-refractivity contribution in [3.05, 3.63) is 12.7 Å². The Hall–Kier alpha value is -1.73. The molecule has 7 nitrogen and oxygen atoms in total. The molecule has 0 bridgehead atoms. The molecule has 0 spiro atoms. The molecule has 0 atom stereocenters. The van der Waals surface area contributed by atoms with Crippen molar-refractivity contribution in [3.8, 4) is 0 Å². The van der Waals surface area contributed by atoms with Gasteiger partial charge in [0.05, 0.1) is 6.33 Å². The fourth-order valence-corrected chi connectivity index (χ4v) is 3.56. The van der Waals surface area contributed by atoms with Crippen molar-refractivity contribution >= 4 is 17.0 Å². The lowest BCUT2D eigenvalue weighted by Gasteiger charge is -2.33. The molecule has 2 aromatic heterocycles. The van der Waals surface area contributed by atoms with Gasteiger partial charge in [-0.3, -0.25) is 4.90 Å². The van der Waals surface area contributed by atoms with Crippen LogP contribution in [0.5, 0.6) is 0 Å². The fraction of sp³-hybridized carbons (Fsp3) is 0.667. The van der Waals surface area contributed by atoms with Crippen LogP contribution in [0.25, 0.3) is 11.2 Å². The molecule has 7 heteroatoms. The first-order valence-electron chi connectivity index (χ1n) is 8.12. The molecule has 1 N–H and O–H groups in total. The SMILES string of the molecule is c1nc(N2CCCN(C3CCOCC3)CC2)c2[nH]cnc2n1. The van der Waals surface area contributed by atoms with E-state index in [9.17, 15) is 0 Å². The monoisotopic (exact) mass is 302 g/mol. The molecule has 2 aromatic rings. The van der Waals surface area contributed by atoms with Gasteiger partial charge in [-0.1, -0.05) is 0 Å². The zero-order valence-corrected chi connectivity index (χ0v) is 12.7. The van der Waals surface area contributed by atoms with Crippen molar-refractivity contribution in [2.45, 2.75) is 25.3 Å². The molecule has 0 unspecified atom stereocenters. The first kappa shape index (κ1) is 13.9. The smallest absolute Gasteiger partial charge is 0.182 e. The summed E-state index contributed by atoms with van der Waals surface area (Å²) in [5.74, 6) is 0.983. The first-order valence-corrected chi connectivity index (χ1v) is 8.12. The summed E-state index contributed by atoms with van der Waals surface area (Å²) in [6.07, 6.45) is 6.79. The van der Waals surface area contributed by atoms with Gasteiger partial charge in [-0.25, -0.2) is 15.0 Å². The largest absolute Gasteiger partial charge is 0.381 e. The predicted molar refractivity (Wildman–Crippen MR) is 83.9 cm³/mol. The van der Waals surface area contributed by atoms with Gasteiger partial charge in [0, 0.05) is 45.4 Å². The molecular weight excluding hydrogens is 280 g/mol. The second kappa shape index (κ2) is 6.18. The summed E-state index contributed by atoms with van der Waals surface area (Å²) in [5, 5.41) is 0. The van der Waals surface area contributed by atoms with Crippen LogP contribution in [0.3, 0.4) is 0 Å². The Labute approximate surface area is 129 Å². The minimum atomic E-state index is 0.686. The molecule has 0 aliphatic carbocycles. The Morgan fingerprint density at radius 2 is 1.95 bits per heavy atom. The lowest BCUT2D eigenvalue weighted by Crippen LogP contribution is -2.41. The van der Waals surface area contributed by atoms with E-state index in [0.29, 0.717) is 6.04 Å². The van der Waals surface area contributed by atoms with Crippen molar-refractivity contribution in [2.75, 3.05) is 44.3 Å². The molecule has 4 rings (SSSR count). The van der Waals surface area contributed by atoms with E-state index in [0.717, 1.165) is 69.1 Å². The van der Waals surface area contributed by atoms with Crippen LogP contribution in [0.2, 0.25) is 0 Å². The maximum Gasteiger partial charge on any atom is 0.182 e. The number of ether oxygens (including phenoxy) is 1. The summed E-state index contributed by atoms with van der Waals surface area (Å²) in [5.41, 5.74) is 1.69. The van der Waals surface area contributed by atoms with E-state index >= 15 is 0 Å². The third-order valence-electron chi connectivity index (χ3n) is 4.74. The summed E-state index contributed by atoms with van der Waals surface area (Å²) < 4.78 is 5.49. The van der Waals surface area contributed by atoms with E-state index in [-0.39, 0.29) is 0 Å². The van der Waals surface area contributed by atoms with Crippen LogP contribution < -0.4 is 4.90 Å². The highest BCUT2D eigenvalue weighted by Gasteiger charge is 2.25. The van der Waals surface area contributed by atoms with Crippen molar-refractivity contribution in [3.63, 3.8) is 0 Å². The Kier molecular flexibility index (Phi) is 3.90. The average molecular weight is 302 g/mol. The molecule has 0 amide bonds. The number of fused-ring (bicyclic) bond motifs is 1. The third kappa shape index (κ3) is 2.66. The minimum Gasteiger partial charge on any atom is -0.381 e. The Morgan fingerprint density at radius 1 is 1.05 bits per heavy atom. The summed E-state index contributed by atoms with van der Waals surface area (Å²) in [6.45, 7) is 6.10. The Balaban J connectivity index is 1.49. The summed E-state index contributed by atoms with van der Waals surface area (Å²) in [7, 11) is 0. The number of imidazole rings is 1. The van der Waals surface area contributed by atoms with Crippen molar-refractivity contribution in [1.29, 1.82) is 0 Å². The van der Waals surface area contributed by atoms with Gasteiger partial charge in [-0.15, -0.1) is 0 Å². The second-order valence-electron chi connectivity index (χ2n) is 6.02. The molecule has 2 aliphatic heterocycles. The van der Waals surface area contributed by atoms with Crippen LogP contribution in [-0.4, -0.2) is 70.3 Å². The van der Waals surface area contributed by atoms with Gasteiger partial charge in [-0.05, 0) is 19.3 Å². The van der Waals surface area contributed by atoms with Gasteiger partial charge in [-0.2, -0.15) is 0 Å². The van der Waals surface area contributed by atoms with Gasteiger partial charge < -0.3 is 14.6 Å². The molecule has 0 saturated carbocycles. The van der Waals surface area contributed by atoms with Crippen LogP contribution in [0.15, 0.2) is 12.7 Å². The lowest BCUT2D eigenvalue weighted by molar-refractivity contribution is 0.0365. The molecule has 4 heterocycles. The van der Waals surface area contributed by atoms with Crippen molar-refractivity contribution in [1.82, 2.24) is 24.8 Å². The lowest BCUT2D eigenvalue weighted by atomic mass is 10.1. The maximum atomic E-state index is 5.49. The van der Waals surface area contributed by atoms with Crippen molar-refractivity contribution < 1.29 is 4.74 Å². The Morgan fingerprint density at radius 3 is 2.86 bits per heavy atom. The first-order chi connectivity index (χ1) is 10.9. The number of hydrogen-bond donors (Lipinski definition) is 1. The average Bonchev–Trinajstić information content (AvgIpc) is 2.92. The zero-order valence-electron chi connectivity index (χ0n) is 12.7. The standard InChI is InChI=1S/C15H22N6O/c1-4-20(12-2-8-22-9-3-12)6-7-21(5-1)15-13-14(17-10-16-13)18-11-19-15/h10-12H,1-9H2,(H,16,17,18,19). The van der Waals surface area contributed by atoms with Gasteiger partial charge >= 0.3 is 0 Å². The minimum absolute atomic E-state index is 0.686. The zero-order chi connectivity index (χ0) is 14.8. The van der Waals surface area contributed by atoms with Crippen LogP contribution in [0.4, 0.5) is 5.82 Å². The molecule has 0 aromatic carbocycles. The van der Waals surface area contributed by atoms with E-state index in [4.69, 9.17) is 4.74 Å². The summed E-state index contributed by atoms with van der Waals surface area (Å²) in [6, 6.07) is 0.686. The van der Waals surface area contributed by atoms with Crippen LogP contribution >= 0.6 is 0 Å². The number of nitrogens with zero attached hydrogens (tertiary/aromatic N) is 5. The summed E-state index contributed by atoms with van der Waals surface area (Å²) in [4.78, 5) is 21.1. The molecule has 22 heavy (non-hydrogen) atoms. The van der Waals surface area contributed by atoms with Gasteiger partial charge in [0.1, 0.15) is 11.8 Å². The number of H-pyrrole nitrogens is 1. The number of nitrogens with one attached hydrogen (secondary N) is 1. The predicted octanol–water partition coefficient (Wildman–Crippen LogP) is 1.04. The molecule has 2 aliphatic rings. The fourth-order valence-electron chi connectivity index (χ4n) is 3.56. The van der Waals surface area contributed by atoms with E-state index in [2.05, 4.69) is 29.7 Å². The highest BCUT2D eigenvalue weighted by atomic mass is 16.5. The highest BCUT2D eigenvalue weighted by Crippen LogP contribution is 2.22. The van der Waals surface area contributed by atoms with Crippen molar-refractivity contribution in [2.24, 2.45) is 0 Å². The molecule has 2 fully saturated rings. The Bertz CT molecular complexity index is 623. The molecule has 2 saturated heterocycles. The van der Waals surface area contributed by atoms with Gasteiger partial charge in [0.15, 0.2) is 11.5 Å². The van der Waals surface area contributed by atoms with E-state index < -0.39 is 0 Å². The number of anilines is 1. The number of aromatic amines is 1. The van der Waals surface area contributed by atoms with E-state index in [1.165, 1.54) is 6.54 Å². The number of hydrogen-bond acceptors (Lipinski definition) is 6. The normalized spacial score (nSPS) is 22.1. The van der Waals surface area contributed by atoms with E-state index in [1.807, 2.05) is 0 Å². The molecular formula is C15H22N6O. The van der Waals surface area contributed by atoms with Gasteiger partial charge in [0.25, 0.3) is 0 Å². The maximum absolute atomic E-state index is 5.49. The third-order valence-corrected chi connectivity index (χ3v) is 4.74. The summed E-state index contributed by atoms with van der Waals surface area (Å²) >= 11 is 0. The molecule has 118 valence electrons. The van der Waals surface area contributed by atoms with Gasteiger partial charge in [0.2, 0.25) is 0 Å². The van der Waals surface area contributed by atoms with Crippen LogP contribution in [-0.2, 0) is 4.74 Å². The number of rotatable bonds is 2. The quantitative estimate of drug-likeness (QED) is 0.894. The van der Waals surface area contributed by atoms with Crippen LogP contribution in [0.1, 0.15) is 19.3 Å².